The summed E-state index contributed by atoms with van der Waals surface area (Å²) in [5.74, 6) is 0.144. The van der Waals surface area contributed by atoms with Crippen LogP contribution in [-0.2, 0) is 14.4 Å². The van der Waals surface area contributed by atoms with Crippen molar-refractivity contribution >= 4 is 40.3 Å². The third kappa shape index (κ3) is 5.42. The molecule has 2 aromatic rings. The molecule has 0 aromatic heterocycles. The van der Waals surface area contributed by atoms with E-state index in [1.165, 1.54) is 0 Å². The molecule has 0 amide bonds. The highest BCUT2D eigenvalue weighted by Crippen LogP contribution is 2.36. The molecule has 2 rings (SSSR count). The number of sulfonamides is 1. The van der Waals surface area contributed by atoms with E-state index < -0.39 is 24.4 Å². The SMILES string of the molecule is CC(C)(C)[Si](OCC(CCl)NS(C)(=O)=O)(c1ccccc1)c1ccccc1. The molecule has 0 aliphatic rings. The van der Waals surface area contributed by atoms with E-state index in [2.05, 4.69) is 49.8 Å². The Morgan fingerprint density at radius 3 is 1.78 bits per heavy atom. The molecule has 0 radical (unpaired) electrons. The zero-order valence-corrected chi connectivity index (χ0v) is 18.8. The van der Waals surface area contributed by atoms with Gasteiger partial charge in [-0.2, -0.15) is 0 Å². The van der Waals surface area contributed by atoms with E-state index in [0.717, 1.165) is 16.6 Å². The number of rotatable bonds is 8. The maximum absolute atomic E-state index is 11.6. The summed E-state index contributed by atoms with van der Waals surface area (Å²) in [5.41, 5.74) is 0. The highest BCUT2D eigenvalue weighted by Gasteiger charge is 2.50. The lowest BCUT2D eigenvalue weighted by atomic mass is 10.2. The van der Waals surface area contributed by atoms with Gasteiger partial charge in [0.05, 0.1) is 18.9 Å². The molecule has 148 valence electrons. The minimum absolute atomic E-state index is 0.144. The molecule has 1 N–H and O–H groups in total. The van der Waals surface area contributed by atoms with Crippen LogP contribution in [0.25, 0.3) is 0 Å². The Morgan fingerprint density at radius 2 is 1.44 bits per heavy atom. The highest BCUT2D eigenvalue weighted by atomic mass is 35.5. The lowest BCUT2D eigenvalue weighted by Crippen LogP contribution is -2.67. The van der Waals surface area contributed by atoms with E-state index in [9.17, 15) is 8.42 Å². The van der Waals surface area contributed by atoms with Gasteiger partial charge in [-0.3, -0.25) is 0 Å². The summed E-state index contributed by atoms with van der Waals surface area (Å²) < 4.78 is 32.6. The van der Waals surface area contributed by atoms with Gasteiger partial charge in [0.25, 0.3) is 8.32 Å². The van der Waals surface area contributed by atoms with Crippen LogP contribution in [0.15, 0.2) is 60.7 Å². The summed E-state index contributed by atoms with van der Waals surface area (Å²) in [6, 6.07) is 20.0. The predicted molar refractivity (Wildman–Crippen MR) is 116 cm³/mol. The number of hydrogen-bond donors (Lipinski definition) is 1. The first-order valence-corrected chi connectivity index (χ1v) is 13.2. The molecule has 0 heterocycles. The second-order valence-corrected chi connectivity index (χ2v) is 14.1. The predicted octanol–water partition coefficient (Wildman–Crippen LogP) is 2.72. The third-order valence-corrected chi connectivity index (χ3v) is 10.6. The topological polar surface area (TPSA) is 55.4 Å². The number of nitrogens with one attached hydrogen (secondary N) is 1. The Morgan fingerprint density at radius 1 is 1.00 bits per heavy atom. The smallest absolute Gasteiger partial charge is 0.261 e. The van der Waals surface area contributed by atoms with Gasteiger partial charge in [0.2, 0.25) is 10.0 Å². The summed E-state index contributed by atoms with van der Waals surface area (Å²) in [7, 11) is -6.06. The van der Waals surface area contributed by atoms with Crippen LogP contribution in [-0.4, -0.2) is 41.5 Å². The molecule has 0 fully saturated rings. The third-order valence-electron chi connectivity index (χ3n) is 4.48. The minimum atomic E-state index is -3.37. The van der Waals surface area contributed by atoms with Gasteiger partial charge in [0, 0.05) is 5.88 Å². The van der Waals surface area contributed by atoms with Crippen LogP contribution < -0.4 is 15.1 Å². The second kappa shape index (κ2) is 8.88. The standard InChI is InChI=1S/C20H28ClNO3SSi/c1-20(2,3)27(18-11-7-5-8-12-18,19-13-9-6-10-14-19)25-16-17(15-21)22-26(4,23)24/h5-14,17,22H,15-16H2,1-4H3. The van der Waals surface area contributed by atoms with Gasteiger partial charge in [-0.05, 0) is 15.4 Å². The maximum Gasteiger partial charge on any atom is 0.261 e. The number of halogens is 1. The quantitative estimate of drug-likeness (QED) is 0.522. The zero-order chi connectivity index (χ0) is 20.1. The van der Waals surface area contributed by atoms with Crippen molar-refractivity contribution in [1.82, 2.24) is 4.72 Å². The van der Waals surface area contributed by atoms with Crippen LogP contribution in [0.4, 0.5) is 0 Å². The van der Waals surface area contributed by atoms with Crippen molar-refractivity contribution in [2.24, 2.45) is 0 Å². The van der Waals surface area contributed by atoms with Gasteiger partial charge >= 0.3 is 0 Å². The van der Waals surface area contributed by atoms with Crippen LogP contribution >= 0.6 is 11.6 Å². The van der Waals surface area contributed by atoms with E-state index in [4.69, 9.17) is 16.0 Å². The summed E-state index contributed by atoms with van der Waals surface area (Å²) in [6.07, 6.45) is 1.13. The molecular weight excluding hydrogens is 398 g/mol. The first-order valence-electron chi connectivity index (χ1n) is 8.88. The Balaban J connectivity index is 2.52. The molecule has 2 aromatic carbocycles. The van der Waals surface area contributed by atoms with E-state index >= 15 is 0 Å². The molecule has 4 nitrogen and oxygen atoms in total. The molecule has 0 bridgehead atoms. The molecule has 0 aliphatic carbocycles. The van der Waals surface area contributed by atoms with E-state index in [0.29, 0.717) is 0 Å². The Bertz CT molecular complexity index is 784. The number of hydrogen-bond acceptors (Lipinski definition) is 3. The average molecular weight is 426 g/mol. The molecular formula is C20H28ClNO3SSi. The van der Waals surface area contributed by atoms with Crippen LogP contribution in [0.1, 0.15) is 20.8 Å². The van der Waals surface area contributed by atoms with E-state index in [-0.39, 0.29) is 17.5 Å². The summed E-state index contributed by atoms with van der Waals surface area (Å²) in [4.78, 5) is 0. The van der Waals surface area contributed by atoms with Crippen molar-refractivity contribution in [3.8, 4) is 0 Å². The van der Waals surface area contributed by atoms with Crippen molar-refractivity contribution < 1.29 is 12.8 Å². The molecule has 0 saturated carbocycles. The fourth-order valence-corrected chi connectivity index (χ4v) is 9.02. The van der Waals surface area contributed by atoms with Crippen molar-refractivity contribution in [1.29, 1.82) is 0 Å². The van der Waals surface area contributed by atoms with Crippen LogP contribution in [0, 0.1) is 0 Å². The van der Waals surface area contributed by atoms with Crippen molar-refractivity contribution in [2.45, 2.75) is 31.9 Å². The largest absolute Gasteiger partial charge is 0.406 e. The Labute approximate surface area is 169 Å². The van der Waals surface area contributed by atoms with Crippen molar-refractivity contribution in [3.63, 3.8) is 0 Å². The monoisotopic (exact) mass is 425 g/mol. The Kier molecular flexibility index (Phi) is 7.27. The van der Waals surface area contributed by atoms with Crippen molar-refractivity contribution in [2.75, 3.05) is 18.7 Å². The Hall–Kier alpha value is -1.18. The molecule has 1 atom stereocenters. The minimum Gasteiger partial charge on any atom is -0.406 e. The maximum atomic E-state index is 11.6. The van der Waals surface area contributed by atoms with Gasteiger partial charge in [-0.15, -0.1) is 11.6 Å². The van der Waals surface area contributed by atoms with E-state index in [1.807, 2.05) is 36.4 Å². The number of benzene rings is 2. The van der Waals surface area contributed by atoms with Crippen LogP contribution in [0.5, 0.6) is 0 Å². The van der Waals surface area contributed by atoms with Crippen molar-refractivity contribution in [3.05, 3.63) is 60.7 Å². The fraction of sp³-hybridized carbons (Fsp3) is 0.400. The second-order valence-electron chi connectivity index (χ2n) is 7.72. The highest BCUT2D eigenvalue weighted by molar-refractivity contribution is 7.88. The van der Waals surface area contributed by atoms with Crippen LogP contribution in [0.2, 0.25) is 5.04 Å². The normalized spacial score (nSPS) is 14.1. The van der Waals surface area contributed by atoms with Gasteiger partial charge in [0.15, 0.2) is 0 Å². The van der Waals surface area contributed by atoms with Gasteiger partial charge < -0.3 is 4.43 Å². The first-order chi connectivity index (χ1) is 12.6. The van der Waals surface area contributed by atoms with Gasteiger partial charge in [0.1, 0.15) is 0 Å². The summed E-state index contributed by atoms with van der Waals surface area (Å²) in [5, 5.41) is 2.13. The average Bonchev–Trinajstić information content (AvgIpc) is 2.61. The molecule has 0 spiro atoms. The molecule has 27 heavy (non-hydrogen) atoms. The van der Waals surface area contributed by atoms with Gasteiger partial charge in [-0.25, -0.2) is 13.1 Å². The first kappa shape index (κ1) is 22.1. The zero-order valence-electron chi connectivity index (χ0n) is 16.3. The van der Waals surface area contributed by atoms with E-state index in [1.54, 1.807) is 0 Å². The van der Waals surface area contributed by atoms with Gasteiger partial charge in [-0.1, -0.05) is 81.4 Å². The summed E-state index contributed by atoms with van der Waals surface area (Å²) in [6.45, 7) is 6.75. The lowest BCUT2D eigenvalue weighted by molar-refractivity contribution is 0.272. The molecule has 7 heteroatoms. The lowest BCUT2D eigenvalue weighted by Gasteiger charge is -2.43. The van der Waals surface area contributed by atoms with Crippen LogP contribution in [0.3, 0.4) is 0 Å². The summed E-state index contributed by atoms with van der Waals surface area (Å²) >= 11 is 6.02. The fourth-order valence-electron chi connectivity index (χ4n) is 3.40. The molecule has 1 unspecified atom stereocenters. The molecule has 0 saturated heterocycles. The molecule has 0 aliphatic heterocycles. The number of alkyl halides is 1.